The number of rotatable bonds is 5. The molecular weight excluding hydrogens is 270 g/mol. The molecule has 1 aromatic rings. The van der Waals surface area contributed by atoms with Crippen molar-refractivity contribution in [3.8, 4) is 0 Å². The van der Waals surface area contributed by atoms with Crippen molar-refractivity contribution in [2.45, 2.75) is 49.6 Å². The SMILES string of the molecule is CCCCC(Cl)S(=O)(=O)c1cc(C)cc(C)c1N. The van der Waals surface area contributed by atoms with Crippen molar-refractivity contribution in [3.05, 3.63) is 23.3 Å². The molecular formula is C13H20ClNO2S. The summed E-state index contributed by atoms with van der Waals surface area (Å²) in [5.41, 5.74) is 7.82. The highest BCUT2D eigenvalue weighted by atomic mass is 35.5. The topological polar surface area (TPSA) is 60.2 Å². The van der Waals surface area contributed by atoms with Crippen LogP contribution in [0.3, 0.4) is 0 Å². The highest BCUT2D eigenvalue weighted by molar-refractivity contribution is 7.93. The van der Waals surface area contributed by atoms with Crippen molar-refractivity contribution in [1.29, 1.82) is 0 Å². The number of hydrogen-bond acceptors (Lipinski definition) is 3. The third-order valence-electron chi connectivity index (χ3n) is 2.92. The summed E-state index contributed by atoms with van der Waals surface area (Å²) in [7, 11) is -3.55. The summed E-state index contributed by atoms with van der Waals surface area (Å²) in [4.78, 5) is 0.163. The molecule has 0 saturated heterocycles. The van der Waals surface area contributed by atoms with Crippen LogP contribution < -0.4 is 5.73 Å². The summed E-state index contributed by atoms with van der Waals surface area (Å²) in [6, 6.07) is 3.46. The Morgan fingerprint density at radius 2 is 1.94 bits per heavy atom. The van der Waals surface area contributed by atoms with Gasteiger partial charge in [-0.3, -0.25) is 0 Å². The van der Waals surface area contributed by atoms with Gasteiger partial charge in [-0.05, 0) is 37.5 Å². The minimum atomic E-state index is -3.55. The molecule has 0 radical (unpaired) electrons. The summed E-state index contributed by atoms with van der Waals surface area (Å²) >= 11 is 6.02. The lowest BCUT2D eigenvalue weighted by molar-refractivity contribution is 0.586. The first-order valence-corrected chi connectivity index (χ1v) is 8.03. The van der Waals surface area contributed by atoms with Crippen molar-refractivity contribution in [2.24, 2.45) is 0 Å². The van der Waals surface area contributed by atoms with Gasteiger partial charge < -0.3 is 5.73 Å². The van der Waals surface area contributed by atoms with Crippen LogP contribution in [0.4, 0.5) is 5.69 Å². The Kier molecular flexibility index (Phi) is 5.05. The first-order chi connectivity index (χ1) is 8.30. The monoisotopic (exact) mass is 289 g/mol. The van der Waals surface area contributed by atoms with E-state index in [1.54, 1.807) is 13.0 Å². The van der Waals surface area contributed by atoms with E-state index in [9.17, 15) is 8.42 Å². The fourth-order valence-electron chi connectivity index (χ4n) is 1.83. The lowest BCUT2D eigenvalue weighted by Gasteiger charge is -2.14. The number of nitrogen functional groups attached to an aromatic ring is 1. The number of unbranched alkanes of at least 4 members (excludes halogenated alkanes) is 1. The molecule has 1 aromatic carbocycles. The third kappa shape index (κ3) is 3.18. The molecule has 0 spiro atoms. The number of hydrogen-bond donors (Lipinski definition) is 1. The van der Waals surface area contributed by atoms with Gasteiger partial charge in [-0.15, -0.1) is 11.6 Å². The number of benzene rings is 1. The molecule has 0 aromatic heterocycles. The zero-order valence-electron chi connectivity index (χ0n) is 11.0. The molecule has 0 fully saturated rings. The fraction of sp³-hybridized carbons (Fsp3) is 0.538. The van der Waals surface area contributed by atoms with E-state index in [4.69, 9.17) is 17.3 Å². The van der Waals surface area contributed by atoms with Crippen LogP contribution in [0.15, 0.2) is 17.0 Å². The molecule has 0 bridgehead atoms. The number of sulfone groups is 1. The van der Waals surface area contributed by atoms with Gasteiger partial charge in [0.15, 0.2) is 9.84 Å². The van der Waals surface area contributed by atoms with E-state index in [0.717, 1.165) is 24.0 Å². The van der Waals surface area contributed by atoms with E-state index in [1.807, 2.05) is 19.9 Å². The molecule has 18 heavy (non-hydrogen) atoms. The van der Waals surface area contributed by atoms with Crippen LogP contribution in [-0.4, -0.2) is 13.1 Å². The molecule has 0 heterocycles. The molecule has 102 valence electrons. The van der Waals surface area contributed by atoms with Gasteiger partial charge in [-0.1, -0.05) is 25.8 Å². The predicted molar refractivity (Wildman–Crippen MR) is 76.7 cm³/mol. The fourth-order valence-corrected chi connectivity index (χ4v) is 3.85. The molecule has 1 unspecified atom stereocenters. The molecule has 2 N–H and O–H groups in total. The standard InChI is InChI=1S/C13H20ClNO2S/c1-4-5-6-12(14)18(16,17)11-8-9(2)7-10(3)13(11)15/h7-8,12H,4-6,15H2,1-3H3. The molecule has 0 aliphatic carbocycles. The van der Waals surface area contributed by atoms with Crippen LogP contribution in [0.1, 0.15) is 37.3 Å². The Bertz CT molecular complexity index is 526. The summed E-state index contributed by atoms with van der Waals surface area (Å²) in [5, 5.41) is 0. The Morgan fingerprint density at radius 3 is 2.50 bits per heavy atom. The van der Waals surface area contributed by atoms with E-state index < -0.39 is 14.5 Å². The maximum Gasteiger partial charge on any atom is 0.197 e. The number of aryl methyl sites for hydroxylation is 2. The quantitative estimate of drug-likeness (QED) is 0.667. The van der Waals surface area contributed by atoms with Gasteiger partial charge in [0.1, 0.15) is 4.71 Å². The van der Waals surface area contributed by atoms with E-state index in [1.165, 1.54) is 0 Å². The van der Waals surface area contributed by atoms with E-state index in [2.05, 4.69) is 0 Å². The summed E-state index contributed by atoms with van der Waals surface area (Å²) < 4.78 is 23.8. The first-order valence-electron chi connectivity index (χ1n) is 6.05. The molecule has 1 atom stereocenters. The molecule has 0 amide bonds. The van der Waals surface area contributed by atoms with E-state index in [0.29, 0.717) is 12.1 Å². The van der Waals surface area contributed by atoms with Gasteiger partial charge >= 0.3 is 0 Å². The summed E-state index contributed by atoms with van der Waals surface area (Å²) in [6.07, 6.45) is 2.16. The van der Waals surface area contributed by atoms with Crippen molar-refractivity contribution in [2.75, 3.05) is 5.73 Å². The molecule has 1 rings (SSSR count). The minimum Gasteiger partial charge on any atom is -0.397 e. The van der Waals surface area contributed by atoms with Crippen molar-refractivity contribution < 1.29 is 8.42 Å². The van der Waals surface area contributed by atoms with Gasteiger partial charge in [-0.25, -0.2) is 8.42 Å². The van der Waals surface area contributed by atoms with Crippen LogP contribution in [0, 0.1) is 13.8 Å². The zero-order valence-corrected chi connectivity index (χ0v) is 12.6. The van der Waals surface area contributed by atoms with Gasteiger partial charge in [0.2, 0.25) is 0 Å². The molecule has 3 nitrogen and oxygen atoms in total. The van der Waals surface area contributed by atoms with Crippen molar-refractivity contribution >= 4 is 27.1 Å². The summed E-state index contributed by atoms with van der Waals surface area (Å²) in [5.74, 6) is 0. The molecule has 0 aliphatic rings. The van der Waals surface area contributed by atoms with Gasteiger partial charge in [0, 0.05) is 0 Å². The van der Waals surface area contributed by atoms with Gasteiger partial charge in [-0.2, -0.15) is 0 Å². The van der Waals surface area contributed by atoms with Crippen LogP contribution in [-0.2, 0) is 9.84 Å². The third-order valence-corrected chi connectivity index (χ3v) is 5.70. The number of halogens is 1. The van der Waals surface area contributed by atoms with E-state index >= 15 is 0 Å². The highest BCUT2D eigenvalue weighted by Crippen LogP contribution is 2.30. The van der Waals surface area contributed by atoms with Crippen molar-refractivity contribution in [3.63, 3.8) is 0 Å². The Balaban J connectivity index is 3.20. The Labute approximate surface area is 114 Å². The maximum atomic E-state index is 12.4. The van der Waals surface area contributed by atoms with Crippen LogP contribution >= 0.6 is 11.6 Å². The Morgan fingerprint density at radius 1 is 1.33 bits per heavy atom. The lowest BCUT2D eigenvalue weighted by Crippen LogP contribution is -2.17. The number of nitrogens with two attached hydrogens (primary N) is 1. The van der Waals surface area contributed by atoms with Crippen LogP contribution in [0.2, 0.25) is 0 Å². The Hall–Kier alpha value is -0.740. The highest BCUT2D eigenvalue weighted by Gasteiger charge is 2.27. The number of alkyl halides is 1. The lowest BCUT2D eigenvalue weighted by atomic mass is 10.1. The van der Waals surface area contributed by atoms with Crippen LogP contribution in [0.5, 0.6) is 0 Å². The average molecular weight is 290 g/mol. The second-order valence-electron chi connectivity index (χ2n) is 4.59. The van der Waals surface area contributed by atoms with Gasteiger partial charge in [0.05, 0.1) is 10.6 Å². The predicted octanol–water partition coefficient (Wildman–Crippen LogP) is 3.41. The van der Waals surface area contributed by atoms with Crippen molar-refractivity contribution in [1.82, 2.24) is 0 Å². The largest absolute Gasteiger partial charge is 0.397 e. The average Bonchev–Trinajstić information content (AvgIpc) is 2.30. The second-order valence-corrected chi connectivity index (χ2v) is 7.48. The maximum absolute atomic E-state index is 12.4. The minimum absolute atomic E-state index is 0.163. The number of anilines is 1. The summed E-state index contributed by atoms with van der Waals surface area (Å²) in [6.45, 7) is 5.65. The normalized spacial score (nSPS) is 13.6. The molecule has 5 heteroatoms. The first kappa shape index (κ1) is 15.3. The second kappa shape index (κ2) is 5.93. The van der Waals surface area contributed by atoms with Crippen LogP contribution in [0.25, 0.3) is 0 Å². The molecule has 0 saturated carbocycles. The van der Waals surface area contributed by atoms with Gasteiger partial charge in [0.25, 0.3) is 0 Å². The van der Waals surface area contributed by atoms with E-state index in [-0.39, 0.29) is 4.90 Å². The molecule has 0 aliphatic heterocycles. The smallest absolute Gasteiger partial charge is 0.197 e. The zero-order chi connectivity index (χ0) is 13.9.